The summed E-state index contributed by atoms with van der Waals surface area (Å²) in [6, 6.07) is 47.8. The van der Waals surface area contributed by atoms with Crippen LogP contribution >= 0.6 is 0 Å². The van der Waals surface area contributed by atoms with Crippen molar-refractivity contribution in [2.75, 3.05) is 19.8 Å². The first-order chi connectivity index (χ1) is 31.4. The lowest BCUT2D eigenvalue weighted by atomic mass is 9.94. The predicted molar refractivity (Wildman–Crippen MR) is 241 cm³/mol. The van der Waals surface area contributed by atoms with Gasteiger partial charge in [0.25, 0.3) is 0 Å². The van der Waals surface area contributed by atoms with E-state index in [1.165, 1.54) is 6.92 Å². The number of carbonyl (C=O) groups is 1. The molecule has 5 aromatic carbocycles. The molecular formula is C52H62N2O10. The van der Waals surface area contributed by atoms with Crippen molar-refractivity contribution >= 4 is 5.91 Å². The van der Waals surface area contributed by atoms with E-state index in [0.717, 1.165) is 34.2 Å². The molecule has 0 saturated carbocycles. The minimum Gasteiger partial charge on any atom is -0.388 e. The van der Waals surface area contributed by atoms with E-state index in [4.69, 9.17) is 37.9 Å². The Balaban J connectivity index is 1.21. The number of aliphatic hydroxyl groups is 1. The smallest absolute Gasteiger partial charge is 0.217 e. The molecule has 0 spiro atoms. The number of carbonyl (C=O) groups excluding carboxylic acids is 1. The number of hydrogen-bond acceptors (Lipinski definition) is 11. The van der Waals surface area contributed by atoms with E-state index in [-0.39, 0.29) is 25.7 Å². The Labute approximate surface area is 377 Å². The summed E-state index contributed by atoms with van der Waals surface area (Å²) in [5.74, 6) is -0.363. The van der Waals surface area contributed by atoms with E-state index in [0.29, 0.717) is 33.0 Å². The van der Waals surface area contributed by atoms with Crippen LogP contribution in [0.2, 0.25) is 0 Å². The van der Waals surface area contributed by atoms with Gasteiger partial charge in [0, 0.05) is 6.92 Å². The van der Waals surface area contributed by atoms with Gasteiger partial charge < -0.3 is 53.6 Å². The summed E-state index contributed by atoms with van der Waals surface area (Å²) >= 11 is 0. The summed E-state index contributed by atoms with van der Waals surface area (Å²) in [6.45, 7) is 5.70. The van der Waals surface area contributed by atoms with Crippen molar-refractivity contribution in [2.45, 2.75) is 115 Å². The molecule has 64 heavy (non-hydrogen) atoms. The molecule has 2 aliphatic rings. The highest BCUT2D eigenvalue weighted by molar-refractivity contribution is 5.73. The SMILES string of the molecule is CCCN[C@H]1[C@H](O[C@H]2[C@H](O)[C@@H](NC(C)=O)[C@@H](OCc3ccccc3)O[C@@H]2COCc2ccccc2)O[C@H](COCc2ccccc2)[C@@H](OCc2ccccc2)[C@@H]1OCc1ccccc1. The van der Waals surface area contributed by atoms with Crippen molar-refractivity contribution < 1.29 is 47.8 Å². The summed E-state index contributed by atoms with van der Waals surface area (Å²) in [6.07, 6.45) is -6.41. The Kier molecular flexibility index (Phi) is 18.4. The van der Waals surface area contributed by atoms with E-state index in [9.17, 15) is 9.90 Å². The largest absolute Gasteiger partial charge is 0.388 e. The summed E-state index contributed by atoms with van der Waals surface area (Å²) < 4.78 is 53.5. The summed E-state index contributed by atoms with van der Waals surface area (Å²) in [4.78, 5) is 12.8. The summed E-state index contributed by atoms with van der Waals surface area (Å²) in [5.41, 5.74) is 4.89. The lowest BCUT2D eigenvalue weighted by Crippen LogP contribution is -2.69. The number of hydrogen-bond donors (Lipinski definition) is 3. The molecule has 2 fully saturated rings. The van der Waals surface area contributed by atoms with Gasteiger partial charge in [-0.15, -0.1) is 0 Å². The van der Waals surface area contributed by atoms with Crippen LogP contribution < -0.4 is 10.6 Å². The van der Waals surface area contributed by atoms with Crippen molar-refractivity contribution in [1.29, 1.82) is 0 Å². The number of ether oxygens (including phenoxy) is 8. The molecule has 0 radical (unpaired) electrons. The Morgan fingerprint density at radius 2 is 0.938 bits per heavy atom. The first kappa shape index (κ1) is 47.1. The van der Waals surface area contributed by atoms with Gasteiger partial charge in [0.2, 0.25) is 5.91 Å². The molecule has 7 rings (SSSR count). The molecule has 5 aromatic rings. The minimum absolute atomic E-state index is 0.0365. The normalized spacial score (nSPS) is 25.7. The van der Waals surface area contributed by atoms with Crippen molar-refractivity contribution in [3.8, 4) is 0 Å². The van der Waals surface area contributed by atoms with Gasteiger partial charge in [0.1, 0.15) is 42.7 Å². The van der Waals surface area contributed by atoms with Crippen LogP contribution in [0.5, 0.6) is 0 Å². The molecule has 10 atom stereocenters. The second-order valence-corrected chi connectivity index (χ2v) is 16.2. The average molecular weight is 875 g/mol. The van der Waals surface area contributed by atoms with Crippen molar-refractivity contribution in [1.82, 2.24) is 10.6 Å². The third-order valence-corrected chi connectivity index (χ3v) is 11.2. The topological polar surface area (TPSA) is 135 Å². The molecular weight excluding hydrogens is 813 g/mol. The second-order valence-electron chi connectivity index (χ2n) is 16.2. The summed E-state index contributed by atoms with van der Waals surface area (Å²) in [7, 11) is 0. The van der Waals surface area contributed by atoms with Crippen molar-refractivity contribution in [2.24, 2.45) is 0 Å². The zero-order valence-corrected chi connectivity index (χ0v) is 36.7. The summed E-state index contributed by atoms with van der Waals surface area (Å²) in [5, 5.41) is 19.0. The number of aliphatic hydroxyl groups excluding tert-OH is 1. The molecule has 1 amide bonds. The van der Waals surface area contributed by atoms with E-state index in [2.05, 4.69) is 17.6 Å². The highest BCUT2D eigenvalue weighted by Crippen LogP contribution is 2.34. The van der Waals surface area contributed by atoms with Crippen LogP contribution in [0.4, 0.5) is 0 Å². The Bertz CT molecular complexity index is 2050. The lowest BCUT2D eigenvalue weighted by Gasteiger charge is -2.50. The zero-order chi connectivity index (χ0) is 44.4. The third-order valence-electron chi connectivity index (χ3n) is 11.2. The molecule has 12 heteroatoms. The Morgan fingerprint density at radius 1 is 0.531 bits per heavy atom. The number of amides is 1. The first-order valence-corrected chi connectivity index (χ1v) is 22.3. The number of benzene rings is 5. The maximum atomic E-state index is 12.8. The van der Waals surface area contributed by atoms with Gasteiger partial charge in [-0.05, 0) is 40.8 Å². The molecule has 3 N–H and O–H groups in total. The molecule has 2 saturated heterocycles. The van der Waals surface area contributed by atoms with Crippen molar-refractivity contribution in [3.05, 3.63) is 179 Å². The van der Waals surface area contributed by atoms with Crippen LogP contribution in [0, 0.1) is 0 Å². The van der Waals surface area contributed by atoms with Gasteiger partial charge in [0.15, 0.2) is 12.6 Å². The monoisotopic (exact) mass is 874 g/mol. The van der Waals surface area contributed by atoms with Gasteiger partial charge in [-0.25, -0.2) is 0 Å². The molecule has 12 nitrogen and oxygen atoms in total. The van der Waals surface area contributed by atoms with Crippen LogP contribution in [0.25, 0.3) is 0 Å². The first-order valence-electron chi connectivity index (χ1n) is 22.3. The van der Waals surface area contributed by atoms with Crippen LogP contribution in [0.1, 0.15) is 48.1 Å². The molecule has 0 bridgehead atoms. The van der Waals surface area contributed by atoms with Gasteiger partial charge in [-0.2, -0.15) is 0 Å². The Hall–Kier alpha value is -4.83. The van der Waals surface area contributed by atoms with Crippen LogP contribution in [0.3, 0.4) is 0 Å². The minimum atomic E-state index is -1.32. The highest BCUT2D eigenvalue weighted by Gasteiger charge is 2.53. The fraction of sp³-hybridized carbons (Fsp3) is 0.404. The van der Waals surface area contributed by atoms with E-state index >= 15 is 0 Å². The maximum Gasteiger partial charge on any atom is 0.217 e. The standard InChI is InChI=1S/C52H62N2O10/c1-3-29-53-46-50(60-33-41-25-15-7-16-26-41)49(59-32-40-23-13-6-14-24-40)44(36-58-31-39-21-11-5-12-22-39)63-52(46)64-48-43(35-57-30-38-19-9-4-10-20-38)62-51(45(47(48)56)54-37(2)55)61-34-42-27-17-8-18-28-42/h4-28,43-53,56H,3,29-36H2,1-2H3,(H,54,55)/t43-,44-,45-,46-,47-,48-,49-,50-,51+,52+/m1/s1. The van der Waals surface area contributed by atoms with E-state index in [1.807, 2.05) is 152 Å². The van der Waals surface area contributed by atoms with Crippen LogP contribution in [0.15, 0.2) is 152 Å². The highest BCUT2D eigenvalue weighted by atomic mass is 16.7. The zero-order valence-electron chi connectivity index (χ0n) is 36.7. The van der Waals surface area contributed by atoms with Crippen LogP contribution in [-0.2, 0) is 75.7 Å². The molecule has 2 aliphatic heterocycles. The fourth-order valence-corrected chi connectivity index (χ4v) is 8.01. The predicted octanol–water partition coefficient (Wildman–Crippen LogP) is 6.88. The Morgan fingerprint density at radius 3 is 1.39 bits per heavy atom. The molecule has 0 aliphatic carbocycles. The van der Waals surface area contributed by atoms with E-state index in [1.54, 1.807) is 0 Å². The van der Waals surface area contributed by atoms with Gasteiger partial charge >= 0.3 is 0 Å². The molecule has 0 unspecified atom stereocenters. The fourth-order valence-electron chi connectivity index (χ4n) is 8.01. The lowest BCUT2D eigenvalue weighted by molar-refractivity contribution is -0.341. The van der Waals surface area contributed by atoms with Gasteiger partial charge in [0.05, 0.1) is 52.3 Å². The maximum absolute atomic E-state index is 12.8. The third kappa shape index (κ3) is 13.8. The van der Waals surface area contributed by atoms with Gasteiger partial charge in [-0.3, -0.25) is 4.79 Å². The van der Waals surface area contributed by atoms with E-state index < -0.39 is 61.3 Å². The molecule has 340 valence electrons. The number of nitrogens with one attached hydrogen (secondary N) is 2. The quantitative estimate of drug-likeness (QED) is 0.0635. The molecule has 0 aromatic heterocycles. The van der Waals surface area contributed by atoms with Crippen molar-refractivity contribution in [3.63, 3.8) is 0 Å². The van der Waals surface area contributed by atoms with Crippen LogP contribution in [-0.4, -0.2) is 92.1 Å². The molecule has 2 heterocycles. The second kappa shape index (κ2) is 25.0. The average Bonchev–Trinajstić information content (AvgIpc) is 3.33. The van der Waals surface area contributed by atoms with Gasteiger partial charge in [-0.1, -0.05) is 159 Å². The number of rotatable bonds is 23.